The molecule has 7 nitrogen and oxygen atoms in total. The number of aliphatic carboxylic acids is 2. The second-order valence-corrected chi connectivity index (χ2v) is 8.36. The molecule has 0 radical (unpaired) electrons. The summed E-state index contributed by atoms with van der Waals surface area (Å²) >= 11 is 0. The standard InChI is InChI=1S/C17H32O7S.2H3P/c1-2-3-4-5-6-7-8-9-10-11-12-13-17(16(20)21,14-15(18)19)25(22,23)24;;/h2-14H2,1H3,(H,18,19)(H,20,21)(H,22,23,24);2*1H3. The van der Waals surface area contributed by atoms with Gasteiger partial charge >= 0.3 is 11.9 Å². The second-order valence-electron chi connectivity index (χ2n) is 6.63. The van der Waals surface area contributed by atoms with E-state index in [1.165, 1.54) is 32.1 Å². The number of hydrogen-bond donors (Lipinski definition) is 3. The van der Waals surface area contributed by atoms with Gasteiger partial charge in [-0.2, -0.15) is 28.2 Å². The smallest absolute Gasteiger partial charge is 0.328 e. The van der Waals surface area contributed by atoms with Gasteiger partial charge in [-0.1, -0.05) is 77.6 Å². The summed E-state index contributed by atoms with van der Waals surface area (Å²) in [7, 11) is -5.01. The molecule has 0 aliphatic rings. The van der Waals surface area contributed by atoms with Crippen molar-refractivity contribution in [3.8, 4) is 0 Å². The fourth-order valence-corrected chi connectivity index (χ4v) is 3.85. The van der Waals surface area contributed by atoms with Gasteiger partial charge in [-0.3, -0.25) is 14.1 Å². The van der Waals surface area contributed by atoms with Crippen molar-refractivity contribution >= 4 is 41.9 Å². The van der Waals surface area contributed by atoms with Gasteiger partial charge in [-0.05, 0) is 6.42 Å². The maximum atomic E-state index is 11.5. The van der Waals surface area contributed by atoms with Crippen LogP contribution in [0.4, 0.5) is 0 Å². The van der Waals surface area contributed by atoms with Crippen LogP contribution in [0.2, 0.25) is 0 Å². The molecule has 0 aliphatic carbocycles. The Morgan fingerprint density at radius 3 is 1.44 bits per heavy atom. The van der Waals surface area contributed by atoms with Gasteiger partial charge in [0.1, 0.15) is 0 Å². The lowest BCUT2D eigenvalue weighted by Crippen LogP contribution is -2.48. The highest BCUT2D eigenvalue weighted by Crippen LogP contribution is 2.29. The van der Waals surface area contributed by atoms with E-state index in [0.29, 0.717) is 6.42 Å². The zero-order chi connectivity index (χ0) is 19.3. The van der Waals surface area contributed by atoms with Crippen molar-refractivity contribution in [2.75, 3.05) is 0 Å². The average Bonchev–Trinajstić information content (AvgIpc) is 2.49. The Morgan fingerprint density at radius 1 is 0.778 bits per heavy atom. The van der Waals surface area contributed by atoms with Crippen molar-refractivity contribution in [3.05, 3.63) is 0 Å². The van der Waals surface area contributed by atoms with Crippen molar-refractivity contribution < 1.29 is 32.8 Å². The number of rotatable bonds is 16. The van der Waals surface area contributed by atoms with Gasteiger partial charge in [0.05, 0.1) is 6.42 Å². The van der Waals surface area contributed by atoms with E-state index in [4.69, 9.17) is 10.2 Å². The molecular weight excluding hydrogens is 410 g/mol. The van der Waals surface area contributed by atoms with Crippen LogP contribution in [-0.4, -0.2) is 39.9 Å². The Labute approximate surface area is 170 Å². The van der Waals surface area contributed by atoms with Crippen LogP contribution in [-0.2, 0) is 19.7 Å². The minimum Gasteiger partial charge on any atom is -0.481 e. The second kappa shape index (κ2) is 16.6. The molecule has 0 saturated carbocycles. The molecule has 3 atom stereocenters. The molecule has 0 spiro atoms. The van der Waals surface area contributed by atoms with Crippen LogP contribution in [0.3, 0.4) is 0 Å². The SMILES string of the molecule is CCCCCCCCCCCCCC(CC(=O)O)(C(=O)O)S(=O)(=O)O.P.P. The Bertz CT molecular complexity index is 511. The summed E-state index contributed by atoms with van der Waals surface area (Å²) in [5.41, 5.74) is 0. The van der Waals surface area contributed by atoms with Gasteiger partial charge in [0.25, 0.3) is 10.1 Å². The molecule has 0 fully saturated rings. The maximum absolute atomic E-state index is 11.5. The zero-order valence-corrected chi connectivity index (χ0v) is 20.1. The number of carbonyl (C=O) groups is 2. The molecule has 0 rings (SSSR count). The molecule has 0 aromatic carbocycles. The molecule has 0 bridgehead atoms. The van der Waals surface area contributed by atoms with E-state index in [-0.39, 0.29) is 26.2 Å². The van der Waals surface area contributed by atoms with Crippen LogP contribution in [0.1, 0.15) is 90.4 Å². The van der Waals surface area contributed by atoms with Crippen molar-refractivity contribution in [1.29, 1.82) is 0 Å². The van der Waals surface area contributed by atoms with Crippen LogP contribution >= 0.6 is 19.8 Å². The monoisotopic (exact) mass is 448 g/mol. The number of carboxylic acids is 2. The van der Waals surface area contributed by atoms with Crippen molar-refractivity contribution in [2.24, 2.45) is 0 Å². The fourth-order valence-electron chi connectivity index (χ4n) is 2.92. The summed E-state index contributed by atoms with van der Waals surface area (Å²) in [6, 6.07) is 0. The van der Waals surface area contributed by atoms with Crippen LogP contribution in [0, 0.1) is 0 Å². The topological polar surface area (TPSA) is 129 Å². The van der Waals surface area contributed by atoms with Gasteiger partial charge in [-0.15, -0.1) is 0 Å². The summed E-state index contributed by atoms with van der Waals surface area (Å²) in [5.74, 6) is -3.38. The highest BCUT2D eigenvalue weighted by Gasteiger charge is 2.51. The molecule has 0 aromatic rings. The zero-order valence-electron chi connectivity index (χ0n) is 16.5. The maximum Gasteiger partial charge on any atom is 0.328 e. The summed E-state index contributed by atoms with van der Waals surface area (Å²) in [6.07, 6.45) is 9.62. The number of unbranched alkanes of at least 4 members (excludes halogenated alkanes) is 10. The normalized spacial score (nSPS) is 13.1. The summed E-state index contributed by atoms with van der Waals surface area (Å²) in [5, 5.41) is 18.0. The van der Waals surface area contributed by atoms with Gasteiger partial charge < -0.3 is 10.2 Å². The summed E-state index contributed by atoms with van der Waals surface area (Å²) < 4.78 is 29.5. The van der Waals surface area contributed by atoms with Crippen molar-refractivity contribution in [3.63, 3.8) is 0 Å². The molecule has 0 amide bonds. The molecular formula is C17H38O7P2S. The lowest BCUT2D eigenvalue weighted by molar-refractivity contribution is -0.147. The highest BCUT2D eigenvalue weighted by molar-refractivity contribution is 7.88. The Morgan fingerprint density at radius 2 is 1.15 bits per heavy atom. The third kappa shape index (κ3) is 12.7. The minimum absolute atomic E-state index is 0. The van der Waals surface area contributed by atoms with E-state index in [0.717, 1.165) is 25.7 Å². The van der Waals surface area contributed by atoms with E-state index in [1.807, 2.05) is 0 Å². The first-order chi connectivity index (χ1) is 11.7. The van der Waals surface area contributed by atoms with Gasteiger partial charge in [0, 0.05) is 0 Å². The molecule has 164 valence electrons. The molecule has 3 unspecified atom stereocenters. The molecule has 10 heteroatoms. The fraction of sp³-hybridized carbons (Fsp3) is 0.882. The van der Waals surface area contributed by atoms with E-state index in [1.54, 1.807) is 0 Å². The quantitative estimate of drug-likeness (QED) is 0.185. The van der Waals surface area contributed by atoms with Gasteiger partial charge in [0.15, 0.2) is 0 Å². The third-order valence-electron chi connectivity index (χ3n) is 4.50. The first-order valence-corrected chi connectivity index (χ1v) is 10.5. The molecule has 0 saturated heterocycles. The lowest BCUT2D eigenvalue weighted by Gasteiger charge is -2.24. The molecule has 0 aromatic heterocycles. The van der Waals surface area contributed by atoms with Crippen molar-refractivity contribution in [1.82, 2.24) is 0 Å². The van der Waals surface area contributed by atoms with Crippen molar-refractivity contribution in [2.45, 2.75) is 95.1 Å². The summed E-state index contributed by atoms with van der Waals surface area (Å²) in [6.45, 7) is 2.18. The molecule has 0 heterocycles. The van der Waals surface area contributed by atoms with Crippen LogP contribution in [0.15, 0.2) is 0 Å². The minimum atomic E-state index is -5.01. The van der Waals surface area contributed by atoms with E-state index < -0.39 is 39.6 Å². The van der Waals surface area contributed by atoms with E-state index >= 15 is 0 Å². The van der Waals surface area contributed by atoms with Crippen LogP contribution < -0.4 is 0 Å². The largest absolute Gasteiger partial charge is 0.481 e. The van der Waals surface area contributed by atoms with E-state index in [2.05, 4.69) is 6.92 Å². The highest BCUT2D eigenvalue weighted by atomic mass is 32.2. The predicted molar refractivity (Wildman–Crippen MR) is 117 cm³/mol. The number of hydrogen-bond acceptors (Lipinski definition) is 4. The molecule has 0 aliphatic heterocycles. The molecule has 27 heavy (non-hydrogen) atoms. The first kappa shape index (κ1) is 31.4. The third-order valence-corrected chi connectivity index (χ3v) is 6.02. The Hall–Kier alpha value is -0.290. The predicted octanol–water partition coefficient (Wildman–Crippen LogP) is 3.99. The Balaban J connectivity index is -0.00000288. The lowest BCUT2D eigenvalue weighted by atomic mass is 9.96. The Kier molecular flexibility index (Phi) is 19.4. The molecule has 3 N–H and O–H groups in total. The van der Waals surface area contributed by atoms with Crippen LogP contribution in [0.25, 0.3) is 0 Å². The number of carboxylic acid groups (broad SMARTS) is 2. The first-order valence-electron chi connectivity index (χ1n) is 9.09. The van der Waals surface area contributed by atoms with Gasteiger partial charge in [-0.25, -0.2) is 0 Å². The van der Waals surface area contributed by atoms with E-state index in [9.17, 15) is 22.6 Å². The van der Waals surface area contributed by atoms with Gasteiger partial charge in [0.2, 0.25) is 4.75 Å². The summed E-state index contributed by atoms with van der Waals surface area (Å²) in [4.78, 5) is 22.1. The average molecular weight is 448 g/mol. The van der Waals surface area contributed by atoms with Crippen LogP contribution in [0.5, 0.6) is 0 Å².